The van der Waals surface area contributed by atoms with Crippen LogP contribution in [0.2, 0.25) is 0 Å². The van der Waals surface area contributed by atoms with Crippen molar-refractivity contribution in [3.8, 4) is 5.75 Å². The summed E-state index contributed by atoms with van der Waals surface area (Å²) in [6.07, 6.45) is 3.93. The standard InChI is InChI=1S/C19H25FN2O5/c1-12-5-3-4-6-15(12)21-19(25)22-17(23)11-27-18(24)10-13-7-8-16(26-2)14(20)9-13/h7-9,12,15H,3-6,10-11H2,1-2H3,(H2,21,22,23,25)/t12-,15+/m1/s1. The first-order valence-corrected chi connectivity index (χ1v) is 8.97. The normalized spacial score (nSPS) is 19.1. The van der Waals surface area contributed by atoms with Gasteiger partial charge in [-0.05, 0) is 36.5 Å². The summed E-state index contributed by atoms with van der Waals surface area (Å²) in [6, 6.07) is 3.55. The van der Waals surface area contributed by atoms with Crippen LogP contribution in [0.4, 0.5) is 9.18 Å². The Morgan fingerprint density at radius 1 is 1.22 bits per heavy atom. The summed E-state index contributed by atoms with van der Waals surface area (Å²) in [6.45, 7) is 1.49. The summed E-state index contributed by atoms with van der Waals surface area (Å²) in [5.74, 6) is -1.57. The molecule has 1 saturated carbocycles. The molecule has 0 saturated heterocycles. The summed E-state index contributed by atoms with van der Waals surface area (Å²) in [5.41, 5.74) is 0.391. The zero-order valence-corrected chi connectivity index (χ0v) is 15.5. The van der Waals surface area contributed by atoms with Crippen molar-refractivity contribution < 1.29 is 28.2 Å². The van der Waals surface area contributed by atoms with Gasteiger partial charge in [-0.1, -0.05) is 25.8 Å². The molecule has 27 heavy (non-hydrogen) atoms. The molecule has 1 aromatic rings. The van der Waals surface area contributed by atoms with Crippen molar-refractivity contribution in [2.75, 3.05) is 13.7 Å². The second kappa shape index (κ2) is 9.89. The van der Waals surface area contributed by atoms with Crippen LogP contribution in [0.1, 0.15) is 38.2 Å². The van der Waals surface area contributed by atoms with E-state index in [1.807, 2.05) is 0 Å². The van der Waals surface area contributed by atoms with E-state index >= 15 is 0 Å². The second-order valence-corrected chi connectivity index (χ2v) is 6.70. The maximum Gasteiger partial charge on any atom is 0.321 e. The molecule has 0 spiro atoms. The Morgan fingerprint density at radius 3 is 2.63 bits per heavy atom. The number of benzene rings is 1. The molecule has 1 aliphatic carbocycles. The lowest BCUT2D eigenvalue weighted by atomic mass is 9.86. The summed E-state index contributed by atoms with van der Waals surface area (Å²) in [4.78, 5) is 35.4. The number of carbonyl (C=O) groups is 3. The maximum absolute atomic E-state index is 13.6. The minimum atomic E-state index is -0.717. The van der Waals surface area contributed by atoms with E-state index in [-0.39, 0.29) is 18.2 Å². The van der Waals surface area contributed by atoms with Crippen LogP contribution in [0.15, 0.2) is 18.2 Å². The Balaban J connectivity index is 1.72. The number of halogens is 1. The molecule has 0 aromatic heterocycles. The number of ether oxygens (including phenoxy) is 2. The zero-order chi connectivity index (χ0) is 19.8. The van der Waals surface area contributed by atoms with Crippen LogP contribution < -0.4 is 15.4 Å². The first-order valence-electron chi connectivity index (χ1n) is 8.97. The molecular weight excluding hydrogens is 355 g/mol. The van der Waals surface area contributed by atoms with Gasteiger partial charge in [0.15, 0.2) is 18.2 Å². The highest BCUT2D eigenvalue weighted by Crippen LogP contribution is 2.23. The van der Waals surface area contributed by atoms with E-state index < -0.39 is 30.3 Å². The first-order chi connectivity index (χ1) is 12.9. The first kappa shape index (κ1) is 20.7. The molecule has 1 fully saturated rings. The number of amides is 3. The van der Waals surface area contributed by atoms with Crippen LogP contribution >= 0.6 is 0 Å². The highest BCUT2D eigenvalue weighted by atomic mass is 19.1. The molecule has 0 bridgehead atoms. The Kier molecular flexibility index (Phi) is 7.57. The number of rotatable bonds is 6. The van der Waals surface area contributed by atoms with Gasteiger partial charge in [-0.15, -0.1) is 0 Å². The molecule has 0 aliphatic heterocycles. The number of esters is 1. The van der Waals surface area contributed by atoms with E-state index in [1.54, 1.807) is 0 Å². The van der Waals surface area contributed by atoms with Gasteiger partial charge in [0.1, 0.15) is 0 Å². The number of carbonyl (C=O) groups excluding carboxylic acids is 3. The van der Waals surface area contributed by atoms with Gasteiger partial charge in [-0.2, -0.15) is 0 Å². The molecule has 0 unspecified atom stereocenters. The summed E-state index contributed by atoms with van der Waals surface area (Å²) in [5, 5.41) is 4.93. The van der Waals surface area contributed by atoms with Crippen molar-refractivity contribution >= 4 is 17.9 Å². The van der Waals surface area contributed by atoms with Gasteiger partial charge in [-0.25, -0.2) is 9.18 Å². The van der Waals surface area contributed by atoms with Crippen molar-refractivity contribution in [1.82, 2.24) is 10.6 Å². The van der Waals surface area contributed by atoms with Gasteiger partial charge in [-0.3, -0.25) is 14.9 Å². The van der Waals surface area contributed by atoms with Crippen LogP contribution in [0.3, 0.4) is 0 Å². The summed E-state index contributed by atoms with van der Waals surface area (Å²) < 4.78 is 23.2. The molecule has 1 aromatic carbocycles. The van der Waals surface area contributed by atoms with E-state index in [4.69, 9.17) is 9.47 Å². The Labute approximate surface area is 157 Å². The summed E-state index contributed by atoms with van der Waals surface area (Å²) >= 11 is 0. The third-order valence-electron chi connectivity index (χ3n) is 4.61. The monoisotopic (exact) mass is 380 g/mol. The highest BCUT2D eigenvalue weighted by molar-refractivity contribution is 5.95. The fourth-order valence-electron chi connectivity index (χ4n) is 3.08. The van der Waals surface area contributed by atoms with Gasteiger partial charge in [0.25, 0.3) is 5.91 Å². The predicted molar refractivity (Wildman–Crippen MR) is 95.7 cm³/mol. The number of hydrogen-bond donors (Lipinski definition) is 2. The Morgan fingerprint density at radius 2 is 1.96 bits per heavy atom. The number of imide groups is 1. The largest absolute Gasteiger partial charge is 0.494 e. The van der Waals surface area contributed by atoms with Gasteiger partial charge in [0.05, 0.1) is 13.5 Å². The molecule has 2 N–H and O–H groups in total. The van der Waals surface area contributed by atoms with Crippen molar-refractivity contribution in [2.45, 2.75) is 45.1 Å². The van der Waals surface area contributed by atoms with Crippen molar-refractivity contribution in [3.63, 3.8) is 0 Å². The van der Waals surface area contributed by atoms with E-state index in [0.29, 0.717) is 11.5 Å². The van der Waals surface area contributed by atoms with Crippen molar-refractivity contribution in [1.29, 1.82) is 0 Å². The molecule has 0 radical (unpaired) electrons. The number of nitrogens with one attached hydrogen (secondary N) is 2. The molecule has 8 heteroatoms. The minimum Gasteiger partial charge on any atom is -0.494 e. The fraction of sp³-hybridized carbons (Fsp3) is 0.526. The molecule has 148 valence electrons. The third-order valence-corrected chi connectivity index (χ3v) is 4.61. The van der Waals surface area contributed by atoms with E-state index in [2.05, 4.69) is 17.6 Å². The summed E-state index contributed by atoms with van der Waals surface area (Å²) in [7, 11) is 1.34. The molecule has 7 nitrogen and oxygen atoms in total. The van der Waals surface area contributed by atoms with Crippen LogP contribution in [0.25, 0.3) is 0 Å². The van der Waals surface area contributed by atoms with E-state index in [1.165, 1.54) is 25.3 Å². The molecule has 1 aliphatic rings. The van der Waals surface area contributed by atoms with Crippen LogP contribution in [-0.2, 0) is 20.7 Å². The van der Waals surface area contributed by atoms with Gasteiger partial charge < -0.3 is 14.8 Å². The average Bonchev–Trinajstić information content (AvgIpc) is 2.62. The van der Waals surface area contributed by atoms with Crippen molar-refractivity contribution in [2.24, 2.45) is 5.92 Å². The molecule has 3 amide bonds. The van der Waals surface area contributed by atoms with E-state index in [9.17, 15) is 18.8 Å². The maximum atomic E-state index is 13.6. The lowest BCUT2D eigenvalue weighted by Crippen LogP contribution is -2.48. The van der Waals surface area contributed by atoms with Crippen LogP contribution in [0.5, 0.6) is 5.75 Å². The Hall–Kier alpha value is -2.64. The Bertz CT molecular complexity index is 695. The van der Waals surface area contributed by atoms with Crippen LogP contribution in [-0.4, -0.2) is 37.7 Å². The number of hydrogen-bond acceptors (Lipinski definition) is 5. The SMILES string of the molecule is COc1ccc(CC(=O)OCC(=O)NC(=O)N[C@H]2CCCC[C@H]2C)cc1F. The van der Waals surface area contributed by atoms with Crippen molar-refractivity contribution in [3.05, 3.63) is 29.6 Å². The smallest absolute Gasteiger partial charge is 0.321 e. The average molecular weight is 380 g/mol. The lowest BCUT2D eigenvalue weighted by Gasteiger charge is -2.29. The fourth-order valence-corrected chi connectivity index (χ4v) is 3.08. The molecular formula is C19H25FN2O5. The van der Waals surface area contributed by atoms with Crippen LogP contribution in [0, 0.1) is 11.7 Å². The quantitative estimate of drug-likeness (QED) is 0.739. The molecule has 2 rings (SSSR count). The topological polar surface area (TPSA) is 93.7 Å². The van der Waals surface area contributed by atoms with Gasteiger partial charge in [0, 0.05) is 6.04 Å². The van der Waals surface area contributed by atoms with Gasteiger partial charge >= 0.3 is 12.0 Å². The van der Waals surface area contributed by atoms with Gasteiger partial charge in [0.2, 0.25) is 0 Å². The van der Waals surface area contributed by atoms with E-state index in [0.717, 1.165) is 25.7 Å². The minimum absolute atomic E-state index is 0.0408. The predicted octanol–water partition coefficient (Wildman–Crippen LogP) is 2.32. The number of urea groups is 1. The third kappa shape index (κ3) is 6.54. The molecule has 0 heterocycles. The number of methoxy groups -OCH3 is 1. The lowest BCUT2D eigenvalue weighted by molar-refractivity contribution is -0.147. The highest BCUT2D eigenvalue weighted by Gasteiger charge is 2.23. The molecule has 2 atom stereocenters. The zero-order valence-electron chi connectivity index (χ0n) is 15.5. The second-order valence-electron chi connectivity index (χ2n) is 6.70.